The largest absolute Gasteiger partial charge is 0.350 e. The third-order valence-electron chi connectivity index (χ3n) is 3.34. The highest BCUT2D eigenvalue weighted by molar-refractivity contribution is 7.14. The highest BCUT2D eigenvalue weighted by Gasteiger charge is 2.17. The lowest BCUT2D eigenvalue weighted by Crippen LogP contribution is -2.38. The van der Waals surface area contributed by atoms with Gasteiger partial charge in [0, 0.05) is 17.5 Å². The van der Waals surface area contributed by atoms with Crippen molar-refractivity contribution >= 4 is 29.7 Å². The molecule has 0 radical (unpaired) electrons. The zero-order chi connectivity index (χ0) is 13.0. The summed E-state index contributed by atoms with van der Waals surface area (Å²) in [6.45, 7) is 5.79. The molecule has 3 nitrogen and oxygen atoms in total. The second-order valence-corrected chi connectivity index (χ2v) is 6.07. The number of nitrogens with one attached hydrogen (secondary N) is 2. The van der Waals surface area contributed by atoms with Crippen molar-refractivity contribution in [1.29, 1.82) is 0 Å². The Morgan fingerprint density at radius 1 is 1.42 bits per heavy atom. The van der Waals surface area contributed by atoms with Gasteiger partial charge < -0.3 is 10.6 Å². The van der Waals surface area contributed by atoms with Gasteiger partial charge in [0.05, 0.1) is 4.88 Å². The molecular formula is C14H23ClN2OS. The maximum atomic E-state index is 12.0. The van der Waals surface area contributed by atoms with Crippen molar-refractivity contribution in [3.05, 3.63) is 21.4 Å². The number of rotatable bonds is 5. The first kappa shape index (κ1) is 16.5. The lowest BCUT2D eigenvalue weighted by molar-refractivity contribution is 0.0954. The topological polar surface area (TPSA) is 41.1 Å². The van der Waals surface area contributed by atoms with Crippen LogP contribution in [-0.2, 0) is 12.8 Å². The van der Waals surface area contributed by atoms with E-state index in [1.165, 1.54) is 23.3 Å². The van der Waals surface area contributed by atoms with Gasteiger partial charge in [-0.05, 0) is 50.8 Å². The molecule has 5 heteroatoms. The Morgan fingerprint density at radius 3 is 2.84 bits per heavy atom. The summed E-state index contributed by atoms with van der Waals surface area (Å²) in [5, 5.41) is 6.29. The standard InChI is InChI=1S/C14H22N2OS.ClH/c1-3-15-10(2)9-16-14(17)13-8-11-6-4-5-7-12(11)18-13;/h8,10,15H,3-7,9H2,1-2H3,(H,16,17);1H/t10-;/m1./s1. The van der Waals surface area contributed by atoms with E-state index in [2.05, 4.69) is 30.5 Å². The fourth-order valence-electron chi connectivity index (χ4n) is 2.36. The molecule has 108 valence electrons. The number of amides is 1. The monoisotopic (exact) mass is 302 g/mol. The van der Waals surface area contributed by atoms with Crippen molar-refractivity contribution in [3.63, 3.8) is 0 Å². The summed E-state index contributed by atoms with van der Waals surface area (Å²) in [5.74, 6) is 0.0825. The Morgan fingerprint density at radius 2 is 2.16 bits per heavy atom. The molecule has 1 aliphatic carbocycles. The maximum absolute atomic E-state index is 12.0. The van der Waals surface area contributed by atoms with Gasteiger partial charge in [-0.15, -0.1) is 23.7 Å². The number of hydrogen-bond donors (Lipinski definition) is 2. The summed E-state index contributed by atoms with van der Waals surface area (Å²) in [7, 11) is 0. The minimum atomic E-state index is 0. The third kappa shape index (κ3) is 4.48. The van der Waals surface area contributed by atoms with Gasteiger partial charge in [0.1, 0.15) is 0 Å². The van der Waals surface area contributed by atoms with E-state index in [4.69, 9.17) is 0 Å². The van der Waals surface area contributed by atoms with Crippen LogP contribution in [0, 0.1) is 0 Å². The number of likely N-dealkylation sites (N-methyl/N-ethyl adjacent to an activating group) is 1. The molecule has 1 atom stereocenters. The van der Waals surface area contributed by atoms with Crippen LogP contribution in [-0.4, -0.2) is 25.0 Å². The van der Waals surface area contributed by atoms with E-state index in [0.29, 0.717) is 12.6 Å². The highest BCUT2D eigenvalue weighted by atomic mass is 35.5. The zero-order valence-corrected chi connectivity index (χ0v) is 13.3. The van der Waals surface area contributed by atoms with E-state index >= 15 is 0 Å². The third-order valence-corrected chi connectivity index (χ3v) is 4.58. The molecule has 0 bridgehead atoms. The Kier molecular flexibility index (Phi) is 6.83. The molecule has 19 heavy (non-hydrogen) atoms. The van der Waals surface area contributed by atoms with Crippen molar-refractivity contribution in [3.8, 4) is 0 Å². The van der Waals surface area contributed by atoms with Crippen molar-refractivity contribution < 1.29 is 4.79 Å². The van der Waals surface area contributed by atoms with E-state index in [-0.39, 0.29) is 18.3 Å². The van der Waals surface area contributed by atoms with Gasteiger partial charge >= 0.3 is 0 Å². The molecule has 1 aromatic heterocycles. The van der Waals surface area contributed by atoms with E-state index in [1.807, 2.05) is 0 Å². The summed E-state index contributed by atoms with van der Waals surface area (Å²) in [5.41, 5.74) is 1.40. The number of carbonyl (C=O) groups excluding carboxylic acids is 1. The summed E-state index contributed by atoms with van der Waals surface area (Å²) < 4.78 is 0. The molecule has 0 saturated carbocycles. The average molecular weight is 303 g/mol. The molecule has 1 aliphatic rings. The van der Waals surface area contributed by atoms with Crippen LogP contribution < -0.4 is 10.6 Å². The predicted molar refractivity (Wildman–Crippen MR) is 83.7 cm³/mol. The Labute approximate surface area is 125 Å². The number of hydrogen-bond acceptors (Lipinski definition) is 3. The normalized spacial score (nSPS) is 15.3. The van der Waals surface area contributed by atoms with Crippen LogP contribution in [0.15, 0.2) is 6.07 Å². The minimum Gasteiger partial charge on any atom is -0.350 e. The molecule has 0 saturated heterocycles. The van der Waals surface area contributed by atoms with Crippen molar-refractivity contribution in [2.75, 3.05) is 13.1 Å². The molecule has 0 unspecified atom stereocenters. The Balaban J connectivity index is 0.00000180. The lowest BCUT2D eigenvalue weighted by atomic mass is 9.99. The van der Waals surface area contributed by atoms with Crippen LogP contribution in [0.25, 0.3) is 0 Å². The van der Waals surface area contributed by atoms with Crippen molar-refractivity contribution in [2.24, 2.45) is 0 Å². The molecule has 0 aromatic carbocycles. The Bertz CT molecular complexity index is 396. The van der Waals surface area contributed by atoms with Gasteiger partial charge in [-0.2, -0.15) is 0 Å². The number of aryl methyl sites for hydroxylation is 2. The van der Waals surface area contributed by atoms with Gasteiger partial charge in [-0.3, -0.25) is 4.79 Å². The maximum Gasteiger partial charge on any atom is 0.261 e. The summed E-state index contributed by atoms with van der Waals surface area (Å²) in [6, 6.07) is 2.42. The smallest absolute Gasteiger partial charge is 0.261 e. The van der Waals surface area contributed by atoms with E-state index in [1.54, 1.807) is 11.3 Å². The van der Waals surface area contributed by atoms with Crippen LogP contribution in [0.2, 0.25) is 0 Å². The molecule has 1 heterocycles. The summed E-state index contributed by atoms with van der Waals surface area (Å²) in [6.07, 6.45) is 4.84. The predicted octanol–water partition coefficient (Wildman–Crippen LogP) is 2.78. The number of thiophene rings is 1. The first-order chi connectivity index (χ1) is 8.70. The molecule has 0 spiro atoms. The van der Waals surface area contributed by atoms with Gasteiger partial charge in [-0.1, -0.05) is 6.92 Å². The molecule has 0 fully saturated rings. The number of halogens is 1. The van der Waals surface area contributed by atoms with E-state index in [9.17, 15) is 4.79 Å². The average Bonchev–Trinajstić information content (AvgIpc) is 2.80. The van der Waals surface area contributed by atoms with Crippen LogP contribution >= 0.6 is 23.7 Å². The summed E-state index contributed by atoms with van der Waals surface area (Å²) in [4.78, 5) is 14.3. The van der Waals surface area contributed by atoms with Gasteiger partial charge in [-0.25, -0.2) is 0 Å². The van der Waals surface area contributed by atoms with E-state index in [0.717, 1.165) is 24.3 Å². The molecule has 2 rings (SSSR count). The van der Waals surface area contributed by atoms with Crippen LogP contribution in [0.3, 0.4) is 0 Å². The fourth-order valence-corrected chi connectivity index (χ4v) is 3.53. The lowest BCUT2D eigenvalue weighted by Gasteiger charge is -2.12. The van der Waals surface area contributed by atoms with Crippen LogP contribution in [0.5, 0.6) is 0 Å². The molecular weight excluding hydrogens is 280 g/mol. The first-order valence-electron chi connectivity index (χ1n) is 6.84. The van der Waals surface area contributed by atoms with Crippen molar-refractivity contribution in [2.45, 2.75) is 45.6 Å². The van der Waals surface area contributed by atoms with Crippen LogP contribution in [0.1, 0.15) is 46.8 Å². The zero-order valence-electron chi connectivity index (χ0n) is 11.6. The van der Waals surface area contributed by atoms with E-state index < -0.39 is 0 Å². The first-order valence-corrected chi connectivity index (χ1v) is 7.65. The second-order valence-electron chi connectivity index (χ2n) is 4.93. The minimum absolute atomic E-state index is 0. The van der Waals surface area contributed by atoms with Crippen molar-refractivity contribution in [1.82, 2.24) is 10.6 Å². The fraction of sp³-hybridized carbons (Fsp3) is 0.643. The SMILES string of the molecule is CCN[C@H](C)CNC(=O)c1cc2c(s1)CCCC2.Cl. The number of carbonyl (C=O) groups is 1. The summed E-state index contributed by atoms with van der Waals surface area (Å²) >= 11 is 1.68. The quantitative estimate of drug-likeness (QED) is 0.878. The molecule has 1 amide bonds. The van der Waals surface area contributed by atoms with Gasteiger partial charge in [0.2, 0.25) is 0 Å². The highest BCUT2D eigenvalue weighted by Crippen LogP contribution is 2.29. The molecule has 2 N–H and O–H groups in total. The molecule has 0 aliphatic heterocycles. The van der Waals surface area contributed by atoms with Gasteiger partial charge in [0.15, 0.2) is 0 Å². The second kappa shape index (κ2) is 7.88. The van der Waals surface area contributed by atoms with Crippen LogP contribution in [0.4, 0.5) is 0 Å². The van der Waals surface area contributed by atoms with Gasteiger partial charge in [0.25, 0.3) is 5.91 Å². The molecule has 1 aromatic rings. The number of fused-ring (bicyclic) bond motifs is 1. The Hall–Kier alpha value is -0.580.